The molecule has 3 heteroatoms. The normalized spacial score (nSPS) is 26.3. The van der Waals surface area contributed by atoms with Crippen molar-refractivity contribution in [2.24, 2.45) is 5.73 Å². The van der Waals surface area contributed by atoms with Gasteiger partial charge in [0.25, 0.3) is 0 Å². The predicted octanol–water partition coefficient (Wildman–Crippen LogP) is 3.48. The summed E-state index contributed by atoms with van der Waals surface area (Å²) >= 11 is 0. The minimum Gasteiger partial charge on any atom is -0.329 e. The van der Waals surface area contributed by atoms with E-state index in [1.165, 1.54) is 12.8 Å². The molecule has 0 radical (unpaired) electrons. The van der Waals surface area contributed by atoms with Crippen molar-refractivity contribution in [2.75, 3.05) is 6.54 Å². The summed E-state index contributed by atoms with van der Waals surface area (Å²) in [4.78, 5) is 2.45. The number of nitrogens with two attached hydrogens (primary N) is 1. The molecule has 2 N–H and O–H groups in total. The predicted molar refractivity (Wildman–Crippen MR) is 77.4 cm³/mol. The first-order valence-electron chi connectivity index (χ1n) is 7.41. The molecule has 1 aliphatic heterocycles. The van der Waals surface area contributed by atoms with Gasteiger partial charge in [0.05, 0.1) is 0 Å². The highest BCUT2D eigenvalue weighted by Gasteiger charge is 2.33. The highest BCUT2D eigenvalue weighted by atomic mass is 19.1. The van der Waals surface area contributed by atoms with E-state index in [0.717, 1.165) is 18.4 Å². The van der Waals surface area contributed by atoms with Crippen molar-refractivity contribution >= 4 is 0 Å². The van der Waals surface area contributed by atoms with Gasteiger partial charge >= 0.3 is 0 Å². The van der Waals surface area contributed by atoms with Crippen molar-refractivity contribution in [3.63, 3.8) is 0 Å². The summed E-state index contributed by atoms with van der Waals surface area (Å²) in [5, 5.41) is 0. The lowest BCUT2D eigenvalue weighted by molar-refractivity contribution is 0.0457. The van der Waals surface area contributed by atoms with Crippen LogP contribution in [0.3, 0.4) is 0 Å². The third-order valence-electron chi connectivity index (χ3n) is 4.37. The Kier molecular flexibility index (Phi) is 4.94. The second kappa shape index (κ2) is 6.49. The monoisotopic (exact) mass is 264 g/mol. The highest BCUT2D eigenvalue weighted by molar-refractivity contribution is 5.22. The van der Waals surface area contributed by atoms with Crippen molar-refractivity contribution in [3.8, 4) is 0 Å². The number of benzene rings is 1. The Morgan fingerprint density at radius 2 is 2.11 bits per heavy atom. The third kappa shape index (κ3) is 2.98. The van der Waals surface area contributed by atoms with E-state index >= 15 is 0 Å². The van der Waals surface area contributed by atoms with Crippen LogP contribution >= 0.6 is 0 Å². The van der Waals surface area contributed by atoms with Crippen LogP contribution in [0.1, 0.15) is 51.1 Å². The number of rotatable bonds is 4. The minimum absolute atomic E-state index is 0.0945. The van der Waals surface area contributed by atoms with Gasteiger partial charge in [-0.1, -0.05) is 31.5 Å². The van der Waals surface area contributed by atoms with Crippen molar-refractivity contribution < 1.29 is 4.39 Å². The van der Waals surface area contributed by atoms with E-state index < -0.39 is 0 Å². The quantitative estimate of drug-likeness (QED) is 0.902. The second-order valence-electron chi connectivity index (χ2n) is 5.56. The van der Waals surface area contributed by atoms with E-state index in [1.54, 1.807) is 12.1 Å². The molecule has 0 spiro atoms. The molecule has 0 amide bonds. The van der Waals surface area contributed by atoms with Crippen LogP contribution in [0.25, 0.3) is 0 Å². The minimum atomic E-state index is -0.0945. The smallest absolute Gasteiger partial charge is 0.127 e. The molecule has 1 fully saturated rings. The van der Waals surface area contributed by atoms with E-state index in [2.05, 4.69) is 18.7 Å². The maximum Gasteiger partial charge on any atom is 0.127 e. The topological polar surface area (TPSA) is 29.3 Å². The summed E-state index contributed by atoms with van der Waals surface area (Å²) in [6, 6.07) is 8.16. The molecule has 0 bridgehead atoms. The van der Waals surface area contributed by atoms with Crippen LogP contribution in [0.2, 0.25) is 0 Å². The maximum absolute atomic E-state index is 14.1. The van der Waals surface area contributed by atoms with Gasteiger partial charge in [-0.3, -0.25) is 4.90 Å². The lowest BCUT2D eigenvalue weighted by atomic mass is 9.90. The third-order valence-corrected chi connectivity index (χ3v) is 4.37. The molecule has 19 heavy (non-hydrogen) atoms. The Hall–Kier alpha value is -0.930. The first kappa shape index (κ1) is 14.5. The van der Waals surface area contributed by atoms with Crippen molar-refractivity contribution in [2.45, 2.75) is 57.7 Å². The van der Waals surface area contributed by atoms with Gasteiger partial charge in [-0.05, 0) is 32.3 Å². The molecule has 3 atom stereocenters. The maximum atomic E-state index is 14.1. The van der Waals surface area contributed by atoms with Crippen LogP contribution in [0, 0.1) is 5.82 Å². The van der Waals surface area contributed by atoms with Gasteiger partial charge in [-0.2, -0.15) is 0 Å². The number of halogens is 1. The molecular formula is C16H25FN2. The lowest BCUT2D eigenvalue weighted by Gasteiger charge is -2.45. The van der Waals surface area contributed by atoms with E-state index in [9.17, 15) is 4.39 Å². The average molecular weight is 264 g/mol. The van der Waals surface area contributed by atoms with Gasteiger partial charge in [0.2, 0.25) is 0 Å². The van der Waals surface area contributed by atoms with E-state index in [4.69, 9.17) is 5.73 Å². The zero-order chi connectivity index (χ0) is 13.8. The highest BCUT2D eigenvalue weighted by Crippen LogP contribution is 2.35. The molecule has 1 aromatic rings. The summed E-state index contributed by atoms with van der Waals surface area (Å²) in [5.74, 6) is -0.0945. The van der Waals surface area contributed by atoms with Crippen LogP contribution in [0.5, 0.6) is 0 Å². The fourth-order valence-corrected chi connectivity index (χ4v) is 3.44. The SMILES string of the molecule is CCC(c1ccccc1F)N1C(C)CCCC1CN. The van der Waals surface area contributed by atoms with Gasteiger partial charge in [-0.15, -0.1) is 0 Å². The summed E-state index contributed by atoms with van der Waals surface area (Å²) in [6.45, 7) is 5.03. The number of hydrogen-bond acceptors (Lipinski definition) is 2. The van der Waals surface area contributed by atoms with Crippen molar-refractivity contribution in [1.82, 2.24) is 4.90 Å². The van der Waals surface area contributed by atoms with Crippen LogP contribution < -0.4 is 5.73 Å². The van der Waals surface area contributed by atoms with Crippen LogP contribution in [0.4, 0.5) is 4.39 Å². The molecular weight excluding hydrogens is 239 g/mol. The lowest BCUT2D eigenvalue weighted by Crippen LogP contribution is -2.50. The van der Waals surface area contributed by atoms with Gasteiger partial charge < -0.3 is 5.73 Å². The van der Waals surface area contributed by atoms with Crippen LogP contribution in [-0.4, -0.2) is 23.5 Å². The van der Waals surface area contributed by atoms with Crippen LogP contribution in [-0.2, 0) is 0 Å². The number of likely N-dealkylation sites (tertiary alicyclic amines) is 1. The second-order valence-corrected chi connectivity index (χ2v) is 5.56. The van der Waals surface area contributed by atoms with Gasteiger partial charge in [0, 0.05) is 30.2 Å². The molecule has 2 nitrogen and oxygen atoms in total. The first-order valence-corrected chi connectivity index (χ1v) is 7.41. The van der Waals surface area contributed by atoms with Crippen LogP contribution in [0.15, 0.2) is 24.3 Å². The number of piperidine rings is 1. The first-order chi connectivity index (χ1) is 9.19. The molecule has 1 heterocycles. The summed E-state index contributed by atoms with van der Waals surface area (Å²) in [5.41, 5.74) is 6.75. The van der Waals surface area contributed by atoms with Gasteiger partial charge in [0.15, 0.2) is 0 Å². The molecule has 1 saturated heterocycles. The summed E-state index contributed by atoms with van der Waals surface area (Å²) in [7, 11) is 0. The van der Waals surface area contributed by atoms with Gasteiger partial charge in [0.1, 0.15) is 5.82 Å². The standard InChI is InChI=1S/C16H25FN2/c1-3-16(14-9-4-5-10-15(14)17)19-12(2)7-6-8-13(19)11-18/h4-5,9-10,12-13,16H,3,6-8,11,18H2,1-2H3. The zero-order valence-corrected chi connectivity index (χ0v) is 12.0. The van der Waals surface area contributed by atoms with Crippen molar-refractivity contribution in [1.29, 1.82) is 0 Å². The Bertz CT molecular complexity index is 407. The molecule has 0 saturated carbocycles. The number of hydrogen-bond donors (Lipinski definition) is 1. The molecule has 106 valence electrons. The van der Waals surface area contributed by atoms with Crippen molar-refractivity contribution in [3.05, 3.63) is 35.6 Å². The Balaban J connectivity index is 2.31. The van der Waals surface area contributed by atoms with E-state index in [0.29, 0.717) is 18.6 Å². The molecule has 0 aromatic heterocycles. The number of nitrogens with zero attached hydrogens (tertiary/aromatic N) is 1. The molecule has 1 aromatic carbocycles. The fourth-order valence-electron chi connectivity index (χ4n) is 3.44. The fraction of sp³-hybridized carbons (Fsp3) is 0.625. The Morgan fingerprint density at radius 1 is 1.37 bits per heavy atom. The molecule has 3 unspecified atom stereocenters. The molecule has 1 aliphatic rings. The average Bonchev–Trinajstić information content (AvgIpc) is 2.43. The Labute approximate surface area is 115 Å². The Morgan fingerprint density at radius 3 is 2.74 bits per heavy atom. The summed E-state index contributed by atoms with van der Waals surface area (Å²) in [6.07, 6.45) is 4.46. The summed E-state index contributed by atoms with van der Waals surface area (Å²) < 4.78 is 14.1. The largest absolute Gasteiger partial charge is 0.329 e. The molecule has 2 rings (SSSR count). The zero-order valence-electron chi connectivity index (χ0n) is 12.0. The van der Waals surface area contributed by atoms with E-state index in [1.807, 2.05) is 12.1 Å². The molecule has 0 aliphatic carbocycles. The van der Waals surface area contributed by atoms with E-state index in [-0.39, 0.29) is 11.9 Å². The van der Waals surface area contributed by atoms with Gasteiger partial charge in [-0.25, -0.2) is 4.39 Å².